The lowest BCUT2D eigenvalue weighted by molar-refractivity contribution is 0.0901. The molecule has 0 aliphatic heterocycles. The van der Waals surface area contributed by atoms with Crippen molar-refractivity contribution in [2.75, 3.05) is 19.8 Å². The van der Waals surface area contributed by atoms with Gasteiger partial charge < -0.3 is 15.8 Å². The van der Waals surface area contributed by atoms with Crippen molar-refractivity contribution in [1.29, 1.82) is 0 Å². The van der Waals surface area contributed by atoms with E-state index in [4.69, 9.17) is 10.5 Å². The maximum atomic E-state index is 11.7. The molecule has 1 amide bonds. The fourth-order valence-electron chi connectivity index (χ4n) is 1.26. The highest BCUT2D eigenvalue weighted by molar-refractivity contribution is 7.09. The Morgan fingerprint density at radius 3 is 2.84 bits per heavy atom. The molecule has 0 aliphatic carbocycles. The molecule has 0 saturated heterocycles. The zero-order chi connectivity index (χ0) is 13.4. The lowest BCUT2D eigenvalue weighted by Crippen LogP contribution is -2.27. The van der Waals surface area contributed by atoms with E-state index in [1.54, 1.807) is 5.38 Å². The number of nitrogens with zero attached hydrogens (tertiary/aromatic N) is 1. The maximum Gasteiger partial charge on any atom is 0.270 e. The minimum Gasteiger partial charge on any atom is -0.380 e. The summed E-state index contributed by atoms with van der Waals surface area (Å²) in [4.78, 5) is 15.8. The van der Waals surface area contributed by atoms with Gasteiger partial charge in [0.1, 0.15) is 10.7 Å². The van der Waals surface area contributed by atoms with Crippen LogP contribution < -0.4 is 11.1 Å². The van der Waals surface area contributed by atoms with E-state index < -0.39 is 0 Å². The van der Waals surface area contributed by atoms with Gasteiger partial charge >= 0.3 is 0 Å². The highest BCUT2D eigenvalue weighted by atomic mass is 35.5. The number of thiazole rings is 1. The molecule has 0 spiro atoms. The van der Waals surface area contributed by atoms with Gasteiger partial charge in [-0.15, -0.1) is 23.7 Å². The van der Waals surface area contributed by atoms with Crippen molar-refractivity contribution in [2.45, 2.75) is 26.8 Å². The van der Waals surface area contributed by atoms with Crippen molar-refractivity contribution in [3.8, 4) is 0 Å². The first kappa shape index (κ1) is 18.3. The SMILES string of the molecule is CC(C)CCOCCNC(=O)c1csc(CN)n1.Cl. The Labute approximate surface area is 124 Å². The number of halogens is 1. The molecule has 5 nitrogen and oxygen atoms in total. The minimum atomic E-state index is -0.168. The van der Waals surface area contributed by atoms with E-state index in [0.29, 0.717) is 31.3 Å². The van der Waals surface area contributed by atoms with Crippen LogP contribution in [-0.2, 0) is 11.3 Å². The standard InChI is InChI=1S/C12H21N3O2S.ClH/c1-9(2)3-5-17-6-4-14-12(16)10-8-18-11(7-13)15-10;/h8-9H,3-7,13H2,1-2H3,(H,14,16);1H. The number of nitrogens with one attached hydrogen (secondary N) is 1. The number of amides is 1. The lowest BCUT2D eigenvalue weighted by atomic mass is 10.1. The van der Waals surface area contributed by atoms with Gasteiger partial charge in [0.2, 0.25) is 0 Å². The van der Waals surface area contributed by atoms with Crippen LogP contribution in [0.3, 0.4) is 0 Å². The molecule has 0 aromatic carbocycles. The topological polar surface area (TPSA) is 77.2 Å². The number of carbonyl (C=O) groups is 1. The predicted molar refractivity (Wildman–Crippen MR) is 79.9 cm³/mol. The largest absolute Gasteiger partial charge is 0.380 e. The monoisotopic (exact) mass is 307 g/mol. The Hall–Kier alpha value is -0.690. The van der Waals surface area contributed by atoms with Crippen LogP contribution in [0.5, 0.6) is 0 Å². The van der Waals surface area contributed by atoms with Gasteiger partial charge in [-0.1, -0.05) is 13.8 Å². The van der Waals surface area contributed by atoms with Crippen molar-refractivity contribution in [2.24, 2.45) is 11.7 Å². The average molecular weight is 308 g/mol. The molecule has 0 aliphatic rings. The van der Waals surface area contributed by atoms with Gasteiger partial charge in [-0.2, -0.15) is 0 Å². The Kier molecular flexibility index (Phi) is 9.77. The second-order valence-corrected chi connectivity index (χ2v) is 5.32. The van der Waals surface area contributed by atoms with Gasteiger partial charge in [0, 0.05) is 25.1 Å². The van der Waals surface area contributed by atoms with Crippen LogP contribution in [0.2, 0.25) is 0 Å². The summed E-state index contributed by atoms with van der Waals surface area (Å²) in [6.07, 6.45) is 1.04. The Balaban J connectivity index is 0.00000324. The summed E-state index contributed by atoms with van der Waals surface area (Å²) in [5.41, 5.74) is 5.87. The second-order valence-electron chi connectivity index (χ2n) is 4.38. The molecule has 0 bridgehead atoms. The van der Waals surface area contributed by atoms with E-state index in [0.717, 1.165) is 18.0 Å². The summed E-state index contributed by atoms with van der Waals surface area (Å²) in [6, 6.07) is 0. The molecule has 110 valence electrons. The van der Waals surface area contributed by atoms with Crippen LogP contribution in [0.4, 0.5) is 0 Å². The summed E-state index contributed by atoms with van der Waals surface area (Å²) in [7, 11) is 0. The van der Waals surface area contributed by atoms with E-state index in [2.05, 4.69) is 24.1 Å². The lowest BCUT2D eigenvalue weighted by Gasteiger charge is -2.06. The third kappa shape index (κ3) is 7.47. The molecule has 7 heteroatoms. The zero-order valence-corrected chi connectivity index (χ0v) is 13.0. The molecule has 1 aromatic heterocycles. The minimum absolute atomic E-state index is 0. The van der Waals surface area contributed by atoms with E-state index in [1.807, 2.05) is 0 Å². The summed E-state index contributed by atoms with van der Waals surface area (Å²) in [6.45, 7) is 6.46. The Morgan fingerprint density at radius 2 is 2.26 bits per heavy atom. The van der Waals surface area contributed by atoms with Crippen molar-refractivity contribution in [1.82, 2.24) is 10.3 Å². The normalized spacial score (nSPS) is 10.3. The van der Waals surface area contributed by atoms with Crippen molar-refractivity contribution in [3.05, 3.63) is 16.1 Å². The average Bonchev–Trinajstić information content (AvgIpc) is 2.81. The molecule has 1 rings (SSSR count). The molecule has 1 heterocycles. The number of ether oxygens (including phenoxy) is 1. The van der Waals surface area contributed by atoms with Crippen LogP contribution in [0.1, 0.15) is 35.8 Å². The zero-order valence-electron chi connectivity index (χ0n) is 11.3. The molecule has 19 heavy (non-hydrogen) atoms. The van der Waals surface area contributed by atoms with E-state index in [1.165, 1.54) is 11.3 Å². The number of carbonyl (C=O) groups excluding carboxylic acids is 1. The van der Waals surface area contributed by atoms with Crippen LogP contribution in [0, 0.1) is 5.92 Å². The second kappa shape index (κ2) is 10.1. The summed E-state index contributed by atoms with van der Waals surface area (Å²) in [5.74, 6) is 0.475. The van der Waals surface area contributed by atoms with E-state index >= 15 is 0 Å². The Morgan fingerprint density at radius 1 is 1.53 bits per heavy atom. The molecule has 3 N–H and O–H groups in total. The molecule has 0 atom stereocenters. The van der Waals surface area contributed by atoms with Crippen LogP contribution >= 0.6 is 23.7 Å². The molecule has 0 saturated carbocycles. The van der Waals surface area contributed by atoms with Gasteiger partial charge in [0.05, 0.1) is 6.61 Å². The van der Waals surface area contributed by atoms with Gasteiger partial charge in [0.25, 0.3) is 5.91 Å². The van der Waals surface area contributed by atoms with Crippen molar-refractivity contribution in [3.63, 3.8) is 0 Å². The van der Waals surface area contributed by atoms with Crippen LogP contribution in [-0.4, -0.2) is 30.6 Å². The smallest absolute Gasteiger partial charge is 0.270 e. The van der Waals surface area contributed by atoms with Crippen molar-refractivity contribution < 1.29 is 9.53 Å². The van der Waals surface area contributed by atoms with Gasteiger partial charge in [-0.05, 0) is 12.3 Å². The summed E-state index contributed by atoms with van der Waals surface area (Å²) < 4.78 is 5.40. The molecule has 0 fully saturated rings. The first-order valence-corrected chi connectivity index (χ1v) is 7.02. The molecule has 0 unspecified atom stereocenters. The van der Waals surface area contributed by atoms with Crippen LogP contribution in [0.25, 0.3) is 0 Å². The van der Waals surface area contributed by atoms with Gasteiger partial charge in [-0.3, -0.25) is 4.79 Å². The highest BCUT2D eigenvalue weighted by Gasteiger charge is 2.09. The van der Waals surface area contributed by atoms with Crippen LogP contribution in [0.15, 0.2) is 5.38 Å². The van der Waals surface area contributed by atoms with Crippen molar-refractivity contribution >= 4 is 29.7 Å². The fourth-order valence-corrected chi connectivity index (χ4v) is 1.91. The van der Waals surface area contributed by atoms with E-state index in [9.17, 15) is 4.79 Å². The number of hydrogen-bond donors (Lipinski definition) is 2. The maximum absolute atomic E-state index is 11.7. The number of aromatic nitrogens is 1. The first-order chi connectivity index (χ1) is 8.63. The highest BCUT2D eigenvalue weighted by Crippen LogP contribution is 2.08. The predicted octanol–water partition coefficient (Wildman–Crippen LogP) is 1.82. The third-order valence-electron chi connectivity index (χ3n) is 2.33. The first-order valence-electron chi connectivity index (χ1n) is 6.14. The van der Waals surface area contributed by atoms with E-state index in [-0.39, 0.29) is 18.3 Å². The number of nitrogens with two attached hydrogens (primary N) is 1. The number of hydrogen-bond acceptors (Lipinski definition) is 5. The summed E-state index contributed by atoms with van der Waals surface area (Å²) in [5, 5.41) is 5.25. The molecular weight excluding hydrogens is 286 g/mol. The third-order valence-corrected chi connectivity index (χ3v) is 3.20. The quantitative estimate of drug-likeness (QED) is 0.718. The van der Waals surface area contributed by atoms with Gasteiger partial charge in [-0.25, -0.2) is 4.98 Å². The fraction of sp³-hybridized carbons (Fsp3) is 0.667. The molecule has 1 aromatic rings. The molecular formula is C12H22ClN3O2S. The molecule has 0 radical (unpaired) electrons. The summed E-state index contributed by atoms with van der Waals surface area (Å²) >= 11 is 1.40. The Bertz CT molecular complexity index is 372. The van der Waals surface area contributed by atoms with Gasteiger partial charge in [0.15, 0.2) is 0 Å². The number of rotatable bonds is 8.